The maximum Gasteiger partial charge on any atom is 0.358 e. The van der Waals surface area contributed by atoms with Crippen LogP contribution in [0.5, 0.6) is 0 Å². The normalized spacial score (nSPS) is 21.8. The molecule has 0 radical (unpaired) electrons. The van der Waals surface area contributed by atoms with Crippen molar-refractivity contribution in [1.82, 2.24) is 14.7 Å². The number of aromatic nitrogens is 2. The number of amides is 1. The van der Waals surface area contributed by atoms with E-state index in [0.717, 1.165) is 12.8 Å². The van der Waals surface area contributed by atoms with E-state index in [1.165, 1.54) is 11.8 Å². The van der Waals surface area contributed by atoms with E-state index in [0.29, 0.717) is 37.1 Å². The first-order valence-corrected chi connectivity index (χ1v) is 10.0. The Morgan fingerprint density at radius 2 is 2.04 bits per heavy atom. The van der Waals surface area contributed by atoms with Crippen molar-refractivity contribution in [2.75, 3.05) is 20.2 Å². The summed E-state index contributed by atoms with van der Waals surface area (Å²) in [4.78, 5) is 26.3. The third-order valence-electron chi connectivity index (χ3n) is 5.50. The highest BCUT2D eigenvalue weighted by atomic mass is 32.2. The van der Waals surface area contributed by atoms with Crippen molar-refractivity contribution in [3.05, 3.63) is 17.0 Å². The fourth-order valence-electron chi connectivity index (χ4n) is 3.73. The largest absolute Gasteiger partial charge is 0.464 e. The van der Waals surface area contributed by atoms with E-state index in [2.05, 4.69) is 5.10 Å². The van der Waals surface area contributed by atoms with Gasteiger partial charge in [0.2, 0.25) is 0 Å². The van der Waals surface area contributed by atoms with Crippen LogP contribution in [-0.4, -0.2) is 65.2 Å². The zero-order chi connectivity index (χ0) is 18.0. The van der Waals surface area contributed by atoms with Crippen LogP contribution in [0.4, 0.5) is 0 Å². The first-order valence-electron chi connectivity index (χ1n) is 8.47. The molecule has 1 aromatic rings. The average molecular weight is 367 g/mol. The number of carbonyl (C=O) groups excluding carboxylic acids is 2. The molecule has 1 aromatic heterocycles. The van der Waals surface area contributed by atoms with Crippen LogP contribution in [0, 0.1) is 0 Å². The first-order chi connectivity index (χ1) is 11.8. The van der Waals surface area contributed by atoms with Crippen molar-refractivity contribution >= 4 is 21.7 Å². The molecular weight excluding hydrogens is 346 g/mol. The fraction of sp³-hybridized carbons (Fsp3) is 0.688. The zero-order valence-electron chi connectivity index (χ0n) is 14.3. The van der Waals surface area contributed by atoms with E-state index in [9.17, 15) is 18.0 Å². The minimum Gasteiger partial charge on any atom is -0.464 e. The Morgan fingerprint density at radius 3 is 2.60 bits per heavy atom. The zero-order valence-corrected chi connectivity index (χ0v) is 15.1. The van der Waals surface area contributed by atoms with Gasteiger partial charge in [0, 0.05) is 25.7 Å². The maximum atomic E-state index is 12.9. The predicted molar refractivity (Wildman–Crippen MR) is 88.1 cm³/mol. The van der Waals surface area contributed by atoms with Gasteiger partial charge in [-0.1, -0.05) is 0 Å². The second kappa shape index (κ2) is 5.30. The van der Waals surface area contributed by atoms with Gasteiger partial charge in [-0.3, -0.25) is 9.48 Å². The highest BCUT2D eigenvalue weighted by Gasteiger charge is 2.60. The summed E-state index contributed by atoms with van der Waals surface area (Å²) in [5.74, 6) is -0.822. The van der Waals surface area contributed by atoms with Crippen molar-refractivity contribution in [1.29, 1.82) is 0 Å². The SMILES string of the molecule is COC(=O)c1nn(C)c2c1CCN(CC1(S(=O)(=O)C3CC3)CC1)C2=O. The van der Waals surface area contributed by atoms with E-state index >= 15 is 0 Å². The molecule has 2 aliphatic carbocycles. The Morgan fingerprint density at radius 1 is 1.36 bits per heavy atom. The molecule has 0 N–H and O–H groups in total. The van der Waals surface area contributed by atoms with Crippen molar-refractivity contribution in [2.24, 2.45) is 7.05 Å². The lowest BCUT2D eigenvalue weighted by atomic mass is 10.0. The molecule has 0 aromatic carbocycles. The van der Waals surface area contributed by atoms with Crippen molar-refractivity contribution in [3.63, 3.8) is 0 Å². The standard InChI is InChI=1S/C16H21N3O5S/c1-18-13-11(12(17-18)15(21)24-2)5-8-19(14(13)20)9-16(6-7-16)25(22,23)10-3-4-10/h10H,3-9H2,1-2H3. The van der Waals surface area contributed by atoms with Crippen LogP contribution in [0.25, 0.3) is 0 Å². The lowest BCUT2D eigenvalue weighted by molar-refractivity contribution is 0.0591. The van der Waals surface area contributed by atoms with Crippen LogP contribution in [-0.2, 0) is 28.0 Å². The van der Waals surface area contributed by atoms with Crippen LogP contribution in [0.3, 0.4) is 0 Å². The summed E-state index contributed by atoms with van der Waals surface area (Å²) in [5, 5.41) is 3.91. The molecule has 1 aliphatic heterocycles. The number of fused-ring (bicyclic) bond motifs is 1. The second-order valence-electron chi connectivity index (χ2n) is 7.20. The van der Waals surface area contributed by atoms with E-state index in [1.807, 2.05) is 0 Å². The third-order valence-corrected chi connectivity index (χ3v) is 8.59. The van der Waals surface area contributed by atoms with Crippen molar-refractivity contribution in [3.8, 4) is 0 Å². The number of aryl methyl sites for hydroxylation is 1. The van der Waals surface area contributed by atoms with E-state index < -0.39 is 20.6 Å². The molecule has 136 valence electrons. The molecule has 0 unspecified atom stereocenters. The van der Waals surface area contributed by atoms with Gasteiger partial charge in [-0.25, -0.2) is 13.2 Å². The smallest absolute Gasteiger partial charge is 0.358 e. The molecule has 25 heavy (non-hydrogen) atoms. The number of carbonyl (C=O) groups is 2. The molecule has 2 fully saturated rings. The van der Waals surface area contributed by atoms with Crippen LogP contribution >= 0.6 is 0 Å². The minimum atomic E-state index is -3.17. The van der Waals surface area contributed by atoms with Crippen LogP contribution < -0.4 is 0 Å². The highest BCUT2D eigenvalue weighted by molar-refractivity contribution is 7.94. The number of esters is 1. The molecule has 0 atom stereocenters. The van der Waals surface area contributed by atoms with E-state index in [4.69, 9.17) is 4.74 Å². The summed E-state index contributed by atoms with van der Waals surface area (Å²) >= 11 is 0. The van der Waals surface area contributed by atoms with Gasteiger partial charge in [-0.15, -0.1) is 0 Å². The molecule has 2 heterocycles. The maximum absolute atomic E-state index is 12.9. The average Bonchev–Trinajstić information content (AvgIpc) is 3.47. The van der Waals surface area contributed by atoms with Crippen LogP contribution in [0.15, 0.2) is 0 Å². The van der Waals surface area contributed by atoms with Crippen LogP contribution in [0.2, 0.25) is 0 Å². The Kier molecular flexibility index (Phi) is 3.51. The predicted octanol–water partition coefficient (Wildman–Crippen LogP) is 0.315. The lowest BCUT2D eigenvalue weighted by Crippen LogP contribution is -2.46. The number of ether oxygens (including phenoxy) is 1. The Balaban J connectivity index is 1.61. The number of hydrogen-bond donors (Lipinski definition) is 0. The van der Waals surface area contributed by atoms with Crippen LogP contribution in [0.1, 0.15) is 52.2 Å². The molecule has 2 saturated carbocycles. The van der Waals surface area contributed by atoms with Gasteiger partial charge in [0.05, 0.1) is 17.1 Å². The van der Waals surface area contributed by atoms with Gasteiger partial charge >= 0.3 is 5.97 Å². The molecule has 8 nitrogen and oxygen atoms in total. The summed E-state index contributed by atoms with van der Waals surface area (Å²) in [6.45, 7) is 0.631. The number of sulfone groups is 1. The molecule has 9 heteroatoms. The van der Waals surface area contributed by atoms with Gasteiger partial charge in [0.1, 0.15) is 5.69 Å². The third kappa shape index (κ3) is 2.39. The first kappa shape index (κ1) is 16.6. The van der Waals surface area contributed by atoms with Gasteiger partial charge in [-0.2, -0.15) is 5.10 Å². The summed E-state index contributed by atoms with van der Waals surface area (Å²) in [6.07, 6.45) is 3.21. The molecular formula is C16H21N3O5S. The summed E-state index contributed by atoms with van der Waals surface area (Å²) in [6, 6.07) is 0. The van der Waals surface area contributed by atoms with Gasteiger partial charge in [0.25, 0.3) is 5.91 Å². The summed E-state index contributed by atoms with van der Waals surface area (Å²) in [7, 11) is -0.278. The fourth-order valence-corrected chi connectivity index (χ4v) is 6.20. The topological polar surface area (TPSA) is 98.6 Å². The van der Waals surface area contributed by atoms with Gasteiger partial charge in [0.15, 0.2) is 15.5 Å². The van der Waals surface area contributed by atoms with Gasteiger partial charge < -0.3 is 9.64 Å². The molecule has 0 spiro atoms. The molecule has 3 aliphatic rings. The summed E-state index contributed by atoms with van der Waals surface area (Å²) < 4.78 is 30.7. The molecule has 0 bridgehead atoms. The second-order valence-corrected chi connectivity index (χ2v) is 9.82. The number of hydrogen-bond acceptors (Lipinski definition) is 6. The Hall–Kier alpha value is -1.90. The van der Waals surface area contributed by atoms with E-state index in [-0.39, 0.29) is 23.4 Å². The number of methoxy groups -OCH3 is 1. The number of nitrogens with zero attached hydrogens (tertiary/aromatic N) is 3. The minimum absolute atomic E-state index is 0.166. The van der Waals surface area contributed by atoms with Crippen molar-refractivity contribution in [2.45, 2.75) is 42.1 Å². The Bertz CT molecular complexity index is 865. The Labute approximate surface area is 146 Å². The molecule has 1 amide bonds. The van der Waals surface area contributed by atoms with Gasteiger partial charge in [-0.05, 0) is 32.1 Å². The summed E-state index contributed by atoms with van der Waals surface area (Å²) in [5.41, 5.74) is 1.11. The molecule has 0 saturated heterocycles. The van der Waals surface area contributed by atoms with E-state index in [1.54, 1.807) is 11.9 Å². The number of rotatable bonds is 5. The quantitative estimate of drug-likeness (QED) is 0.695. The molecule has 4 rings (SSSR count). The van der Waals surface area contributed by atoms with Crippen molar-refractivity contribution < 1.29 is 22.7 Å². The lowest BCUT2D eigenvalue weighted by Gasteiger charge is -2.31. The highest BCUT2D eigenvalue weighted by Crippen LogP contribution is 2.50. The monoisotopic (exact) mass is 367 g/mol.